The van der Waals surface area contributed by atoms with E-state index in [1.807, 2.05) is 12.1 Å². The molecular formula is C15H24N2O2. The molecule has 1 saturated carbocycles. The van der Waals surface area contributed by atoms with Crippen LogP contribution in [-0.2, 0) is 11.2 Å². The van der Waals surface area contributed by atoms with Crippen molar-refractivity contribution < 1.29 is 9.21 Å². The van der Waals surface area contributed by atoms with E-state index >= 15 is 0 Å². The molecule has 19 heavy (non-hydrogen) atoms. The summed E-state index contributed by atoms with van der Waals surface area (Å²) in [4.78, 5) is 12.0. The Bertz CT molecular complexity index is 392. The molecule has 1 fully saturated rings. The summed E-state index contributed by atoms with van der Waals surface area (Å²) < 4.78 is 5.23. The van der Waals surface area contributed by atoms with Gasteiger partial charge in [0.25, 0.3) is 0 Å². The minimum absolute atomic E-state index is 0.0800. The Morgan fingerprint density at radius 3 is 2.84 bits per heavy atom. The first-order valence-electron chi connectivity index (χ1n) is 7.17. The van der Waals surface area contributed by atoms with Crippen LogP contribution in [0.5, 0.6) is 0 Å². The third-order valence-corrected chi connectivity index (χ3v) is 4.21. The second kappa shape index (κ2) is 6.24. The van der Waals surface area contributed by atoms with Crippen LogP contribution < -0.4 is 11.1 Å². The van der Waals surface area contributed by atoms with Gasteiger partial charge in [0.15, 0.2) is 0 Å². The fraction of sp³-hybridized carbons (Fsp3) is 0.667. The summed E-state index contributed by atoms with van der Waals surface area (Å²) in [5, 5.41) is 3.16. The molecule has 0 spiro atoms. The number of rotatable bonds is 5. The van der Waals surface area contributed by atoms with Crippen molar-refractivity contribution >= 4 is 5.91 Å². The van der Waals surface area contributed by atoms with E-state index in [1.54, 1.807) is 6.26 Å². The number of carbonyl (C=O) groups excluding carboxylic acids is 1. The Morgan fingerprint density at radius 1 is 1.53 bits per heavy atom. The molecule has 0 bridgehead atoms. The van der Waals surface area contributed by atoms with Gasteiger partial charge in [0.1, 0.15) is 5.76 Å². The number of aryl methyl sites for hydroxylation is 1. The molecule has 1 aromatic heterocycles. The Balaban J connectivity index is 1.82. The van der Waals surface area contributed by atoms with Crippen LogP contribution in [0.15, 0.2) is 22.8 Å². The smallest absolute Gasteiger partial charge is 0.220 e. The van der Waals surface area contributed by atoms with Crippen molar-refractivity contribution in [3.8, 4) is 0 Å². The number of nitrogens with one attached hydrogen (secondary N) is 1. The molecule has 3 N–H and O–H groups in total. The molecule has 1 aliphatic carbocycles. The highest BCUT2D eigenvalue weighted by Gasteiger charge is 2.34. The molecule has 1 heterocycles. The first kappa shape index (κ1) is 14.1. The molecule has 0 aliphatic heterocycles. The molecule has 0 aromatic carbocycles. The van der Waals surface area contributed by atoms with Crippen LogP contribution in [0.1, 0.15) is 44.8 Å². The standard InChI is InChI=1S/C15H24N2O2/c1-12-6-8-15(11-16,9-7-12)17-14(18)5-4-13-3-2-10-19-13/h2-3,10,12H,4-9,11,16H2,1H3,(H,17,18). The van der Waals surface area contributed by atoms with Gasteiger partial charge in [-0.25, -0.2) is 0 Å². The summed E-state index contributed by atoms with van der Waals surface area (Å²) >= 11 is 0. The second-order valence-corrected chi connectivity index (χ2v) is 5.79. The van der Waals surface area contributed by atoms with Gasteiger partial charge in [0, 0.05) is 19.4 Å². The Hall–Kier alpha value is -1.29. The van der Waals surface area contributed by atoms with Gasteiger partial charge >= 0.3 is 0 Å². The zero-order valence-corrected chi connectivity index (χ0v) is 11.7. The first-order chi connectivity index (χ1) is 9.13. The fourth-order valence-corrected chi connectivity index (χ4v) is 2.74. The van der Waals surface area contributed by atoms with Crippen LogP contribution >= 0.6 is 0 Å². The van der Waals surface area contributed by atoms with Gasteiger partial charge in [-0.1, -0.05) is 6.92 Å². The van der Waals surface area contributed by atoms with Gasteiger partial charge in [0.05, 0.1) is 11.8 Å². The largest absolute Gasteiger partial charge is 0.469 e. The minimum atomic E-state index is -0.174. The molecule has 106 valence electrons. The van der Waals surface area contributed by atoms with Crippen LogP contribution in [0.25, 0.3) is 0 Å². The molecule has 2 rings (SSSR count). The van der Waals surface area contributed by atoms with Crippen molar-refractivity contribution in [3.05, 3.63) is 24.2 Å². The zero-order chi connectivity index (χ0) is 13.7. The van der Waals surface area contributed by atoms with Crippen LogP contribution in [-0.4, -0.2) is 18.0 Å². The van der Waals surface area contributed by atoms with E-state index in [2.05, 4.69) is 12.2 Å². The van der Waals surface area contributed by atoms with E-state index in [-0.39, 0.29) is 11.4 Å². The van der Waals surface area contributed by atoms with Gasteiger partial charge in [-0.2, -0.15) is 0 Å². The van der Waals surface area contributed by atoms with Crippen LogP contribution in [0.2, 0.25) is 0 Å². The molecule has 0 unspecified atom stereocenters. The quantitative estimate of drug-likeness (QED) is 0.857. The Kier molecular flexibility index (Phi) is 4.64. The predicted molar refractivity (Wildman–Crippen MR) is 74.6 cm³/mol. The average Bonchev–Trinajstić information content (AvgIpc) is 2.93. The zero-order valence-electron chi connectivity index (χ0n) is 11.7. The van der Waals surface area contributed by atoms with Crippen LogP contribution in [0.4, 0.5) is 0 Å². The molecule has 1 aliphatic rings. The Morgan fingerprint density at radius 2 is 2.26 bits per heavy atom. The van der Waals surface area contributed by atoms with Crippen molar-refractivity contribution in [2.24, 2.45) is 11.7 Å². The third kappa shape index (κ3) is 3.83. The number of amides is 1. The lowest BCUT2D eigenvalue weighted by Gasteiger charge is -2.39. The van der Waals surface area contributed by atoms with Crippen molar-refractivity contribution in [3.63, 3.8) is 0 Å². The van der Waals surface area contributed by atoms with Crippen LogP contribution in [0, 0.1) is 5.92 Å². The molecule has 0 saturated heterocycles. The molecule has 0 atom stereocenters. The minimum Gasteiger partial charge on any atom is -0.469 e. The van der Waals surface area contributed by atoms with Crippen molar-refractivity contribution in [1.29, 1.82) is 0 Å². The Labute approximate surface area is 114 Å². The molecule has 1 amide bonds. The molecule has 0 radical (unpaired) electrons. The highest BCUT2D eigenvalue weighted by Crippen LogP contribution is 2.31. The fourth-order valence-electron chi connectivity index (χ4n) is 2.74. The molecule has 4 nitrogen and oxygen atoms in total. The lowest BCUT2D eigenvalue weighted by atomic mass is 9.77. The topological polar surface area (TPSA) is 68.3 Å². The highest BCUT2D eigenvalue weighted by atomic mass is 16.3. The number of nitrogens with two attached hydrogens (primary N) is 1. The van der Waals surface area contributed by atoms with Crippen LogP contribution in [0.3, 0.4) is 0 Å². The maximum atomic E-state index is 12.0. The summed E-state index contributed by atoms with van der Waals surface area (Å²) in [5.41, 5.74) is 5.72. The van der Waals surface area contributed by atoms with Gasteiger partial charge < -0.3 is 15.5 Å². The monoisotopic (exact) mass is 264 g/mol. The summed E-state index contributed by atoms with van der Waals surface area (Å²) in [6.07, 6.45) is 7.04. The van der Waals surface area contributed by atoms with E-state index < -0.39 is 0 Å². The number of hydrogen-bond acceptors (Lipinski definition) is 3. The molecule has 4 heteroatoms. The first-order valence-corrected chi connectivity index (χ1v) is 7.17. The SMILES string of the molecule is CC1CCC(CN)(NC(=O)CCc2ccco2)CC1. The van der Waals surface area contributed by atoms with Gasteiger partial charge in [0.2, 0.25) is 5.91 Å². The predicted octanol–water partition coefficient (Wildman–Crippen LogP) is 2.24. The summed E-state index contributed by atoms with van der Waals surface area (Å²) in [5.74, 6) is 1.69. The van der Waals surface area contributed by atoms with Gasteiger partial charge in [-0.15, -0.1) is 0 Å². The number of hydrogen-bond donors (Lipinski definition) is 2. The van der Waals surface area contributed by atoms with Crippen molar-refractivity contribution in [1.82, 2.24) is 5.32 Å². The second-order valence-electron chi connectivity index (χ2n) is 5.79. The number of carbonyl (C=O) groups is 1. The maximum Gasteiger partial charge on any atom is 0.220 e. The number of furan rings is 1. The lowest BCUT2D eigenvalue weighted by molar-refractivity contribution is -0.123. The van der Waals surface area contributed by atoms with Crippen molar-refractivity contribution in [2.45, 2.75) is 51.0 Å². The normalized spacial score (nSPS) is 27.2. The summed E-state index contributed by atoms with van der Waals surface area (Å²) in [7, 11) is 0. The van der Waals surface area contributed by atoms with E-state index in [9.17, 15) is 4.79 Å². The van der Waals surface area contributed by atoms with Crippen molar-refractivity contribution in [2.75, 3.05) is 6.54 Å². The van der Waals surface area contributed by atoms with E-state index in [0.717, 1.165) is 37.4 Å². The third-order valence-electron chi connectivity index (χ3n) is 4.21. The van der Waals surface area contributed by atoms with E-state index in [4.69, 9.17) is 10.2 Å². The summed E-state index contributed by atoms with van der Waals surface area (Å²) in [6.45, 7) is 2.80. The maximum absolute atomic E-state index is 12.0. The lowest BCUT2D eigenvalue weighted by Crippen LogP contribution is -2.55. The summed E-state index contributed by atoms with van der Waals surface area (Å²) in [6, 6.07) is 3.74. The molecule has 1 aromatic rings. The highest BCUT2D eigenvalue weighted by molar-refractivity contribution is 5.77. The van der Waals surface area contributed by atoms with Gasteiger partial charge in [-0.05, 0) is 43.7 Å². The van der Waals surface area contributed by atoms with E-state index in [1.165, 1.54) is 0 Å². The van der Waals surface area contributed by atoms with Gasteiger partial charge in [-0.3, -0.25) is 4.79 Å². The molecular weight excluding hydrogens is 240 g/mol. The average molecular weight is 264 g/mol. The van der Waals surface area contributed by atoms with E-state index in [0.29, 0.717) is 19.4 Å².